The molecule has 0 aromatic heterocycles. The van der Waals surface area contributed by atoms with E-state index >= 15 is 4.39 Å². The first-order valence-electron chi connectivity index (χ1n) is 14.8. The van der Waals surface area contributed by atoms with E-state index in [-0.39, 0.29) is 35.4 Å². The molecule has 1 heterocycles. The second-order valence-electron chi connectivity index (χ2n) is 11.3. The molecule has 1 amide bonds. The molecule has 3 nitrogen and oxygen atoms in total. The summed E-state index contributed by atoms with van der Waals surface area (Å²) < 4.78 is 36.0. The maximum atomic E-state index is 15.6. The lowest BCUT2D eigenvalue weighted by atomic mass is 9.59. The fraction of sp³-hybridized carbons (Fsp3) is 0.606. The van der Waals surface area contributed by atoms with Gasteiger partial charge in [-0.3, -0.25) is 4.79 Å². The molecule has 1 fully saturated rings. The number of fused-ring (bicyclic) bond motifs is 1. The third-order valence-electron chi connectivity index (χ3n) is 9.86. The zero-order valence-electron chi connectivity index (χ0n) is 23.9. The van der Waals surface area contributed by atoms with Crippen LogP contribution in [0.4, 0.5) is 8.78 Å². The van der Waals surface area contributed by atoms with E-state index < -0.39 is 5.41 Å². The van der Waals surface area contributed by atoms with Crippen LogP contribution < -0.4 is 4.74 Å². The fourth-order valence-electron chi connectivity index (χ4n) is 7.87. The first kappa shape index (κ1) is 28.6. The number of amides is 1. The number of ether oxygens (including phenoxy) is 1. The first-order chi connectivity index (χ1) is 18.4. The number of likely N-dealkylation sites (tertiary alicyclic amines) is 1. The molecule has 0 unspecified atom stereocenters. The number of hydrogen-bond acceptors (Lipinski definition) is 2. The maximum absolute atomic E-state index is 15.6. The largest absolute Gasteiger partial charge is 0.496 e. The van der Waals surface area contributed by atoms with Gasteiger partial charge >= 0.3 is 0 Å². The Labute approximate surface area is 228 Å². The highest BCUT2D eigenvalue weighted by Crippen LogP contribution is 2.51. The zero-order valence-corrected chi connectivity index (χ0v) is 23.9. The minimum atomic E-state index is -0.557. The molecule has 2 aromatic rings. The number of hydrogen-bond donors (Lipinski definition) is 0. The molecule has 0 spiro atoms. The van der Waals surface area contributed by atoms with Crippen molar-refractivity contribution in [3.05, 3.63) is 64.7 Å². The highest BCUT2D eigenvalue weighted by molar-refractivity contribution is 5.81. The first-order valence-corrected chi connectivity index (χ1v) is 14.8. The standard InChI is InChI=1S/C33H45F2NO2/c1-6-22(7-2)29-21-23(24-13-10-11-15-27(24)34)18-20-36(29)32(37)26(8-3)33(9-4)19-12-14-25-30(38-5)17-16-28(35)31(25)33/h10-11,13,15-17,22-23,26,29H,6-9,12,14,18-21H2,1-5H3/t23-,26+,29+,33+/m1/s1. The number of piperidine rings is 1. The Morgan fingerprint density at radius 1 is 1.05 bits per heavy atom. The lowest BCUT2D eigenvalue weighted by Crippen LogP contribution is -2.55. The molecule has 1 aliphatic heterocycles. The van der Waals surface area contributed by atoms with Crippen molar-refractivity contribution in [2.45, 2.75) is 103 Å². The van der Waals surface area contributed by atoms with E-state index in [9.17, 15) is 9.18 Å². The van der Waals surface area contributed by atoms with Crippen molar-refractivity contribution < 1.29 is 18.3 Å². The van der Waals surface area contributed by atoms with Crippen molar-refractivity contribution in [1.82, 2.24) is 4.90 Å². The van der Waals surface area contributed by atoms with E-state index in [2.05, 4.69) is 32.6 Å². The van der Waals surface area contributed by atoms with Crippen LogP contribution in [-0.4, -0.2) is 30.5 Å². The Balaban J connectivity index is 1.73. The van der Waals surface area contributed by atoms with Crippen LogP contribution >= 0.6 is 0 Å². The molecule has 1 saturated heterocycles. The summed E-state index contributed by atoms with van der Waals surface area (Å²) in [4.78, 5) is 16.7. The Hall–Kier alpha value is -2.43. The quantitative estimate of drug-likeness (QED) is 0.330. The van der Waals surface area contributed by atoms with Crippen molar-refractivity contribution in [2.75, 3.05) is 13.7 Å². The zero-order chi connectivity index (χ0) is 27.4. The summed E-state index contributed by atoms with van der Waals surface area (Å²) in [6.07, 6.45) is 7.31. The molecular weight excluding hydrogens is 480 g/mol. The SMILES string of the molecule is CCC(CC)[C@@H]1C[C@H](c2ccccc2F)CCN1C(=O)[C@H](CC)[C@]1(CC)CCCc2c(OC)ccc(F)c21. The van der Waals surface area contributed by atoms with Gasteiger partial charge < -0.3 is 9.64 Å². The van der Waals surface area contributed by atoms with E-state index in [1.54, 1.807) is 25.3 Å². The van der Waals surface area contributed by atoms with Crippen LogP contribution in [0.5, 0.6) is 5.75 Å². The summed E-state index contributed by atoms with van der Waals surface area (Å²) in [5.74, 6) is 0.635. The van der Waals surface area contributed by atoms with Crippen molar-refractivity contribution in [1.29, 1.82) is 0 Å². The van der Waals surface area contributed by atoms with Gasteiger partial charge in [0.25, 0.3) is 0 Å². The van der Waals surface area contributed by atoms with E-state index in [4.69, 9.17) is 4.74 Å². The van der Waals surface area contributed by atoms with Crippen molar-refractivity contribution in [3.63, 3.8) is 0 Å². The molecule has 2 aliphatic rings. The number of carbonyl (C=O) groups is 1. The van der Waals surface area contributed by atoms with Gasteiger partial charge in [0.1, 0.15) is 17.4 Å². The van der Waals surface area contributed by atoms with Crippen molar-refractivity contribution in [2.24, 2.45) is 11.8 Å². The van der Waals surface area contributed by atoms with Gasteiger partial charge in [-0.2, -0.15) is 0 Å². The van der Waals surface area contributed by atoms with Crippen LogP contribution in [0.15, 0.2) is 36.4 Å². The van der Waals surface area contributed by atoms with Gasteiger partial charge in [0.2, 0.25) is 5.91 Å². The number of carbonyl (C=O) groups excluding carboxylic acids is 1. The number of nitrogens with zero attached hydrogens (tertiary/aromatic N) is 1. The monoisotopic (exact) mass is 525 g/mol. The van der Waals surface area contributed by atoms with E-state index in [0.717, 1.165) is 61.8 Å². The second kappa shape index (κ2) is 12.2. The van der Waals surface area contributed by atoms with E-state index in [1.807, 2.05) is 12.1 Å². The molecule has 0 N–H and O–H groups in total. The highest BCUT2D eigenvalue weighted by atomic mass is 19.1. The Morgan fingerprint density at radius 3 is 2.42 bits per heavy atom. The third kappa shape index (κ3) is 4.98. The predicted molar refractivity (Wildman–Crippen MR) is 150 cm³/mol. The van der Waals surface area contributed by atoms with Crippen LogP contribution in [0.2, 0.25) is 0 Å². The minimum absolute atomic E-state index is 0.0528. The lowest BCUT2D eigenvalue weighted by Gasteiger charge is -2.49. The molecular formula is C33H45F2NO2. The second-order valence-corrected chi connectivity index (χ2v) is 11.3. The number of halogens is 2. The van der Waals surface area contributed by atoms with Crippen LogP contribution in [-0.2, 0) is 16.6 Å². The average Bonchev–Trinajstić information content (AvgIpc) is 2.94. The van der Waals surface area contributed by atoms with Gasteiger partial charge in [0.05, 0.1) is 7.11 Å². The number of benzene rings is 2. The Kier molecular flexibility index (Phi) is 9.15. The third-order valence-corrected chi connectivity index (χ3v) is 9.86. The van der Waals surface area contributed by atoms with Gasteiger partial charge in [0, 0.05) is 35.0 Å². The number of rotatable bonds is 9. The summed E-state index contributed by atoms with van der Waals surface area (Å²) in [6, 6.07) is 10.4. The van der Waals surface area contributed by atoms with Gasteiger partial charge in [-0.15, -0.1) is 0 Å². The average molecular weight is 526 g/mol. The molecule has 0 bridgehead atoms. The van der Waals surface area contributed by atoms with Crippen molar-refractivity contribution in [3.8, 4) is 5.75 Å². The molecule has 5 heteroatoms. The number of methoxy groups -OCH3 is 1. The van der Waals surface area contributed by atoms with Crippen LogP contribution in [0, 0.1) is 23.5 Å². The Bertz CT molecular complexity index is 1110. The molecule has 1 aliphatic carbocycles. The molecule has 208 valence electrons. The van der Waals surface area contributed by atoms with Gasteiger partial charge in [0.15, 0.2) is 0 Å². The predicted octanol–water partition coefficient (Wildman–Crippen LogP) is 8.19. The van der Waals surface area contributed by atoms with Crippen LogP contribution in [0.1, 0.15) is 102 Å². The summed E-state index contributed by atoms with van der Waals surface area (Å²) in [6.45, 7) is 9.17. The molecule has 2 aromatic carbocycles. The van der Waals surface area contributed by atoms with Gasteiger partial charge in [-0.25, -0.2) is 8.78 Å². The summed E-state index contributed by atoms with van der Waals surface area (Å²) in [5, 5.41) is 0. The van der Waals surface area contributed by atoms with E-state index in [0.29, 0.717) is 30.9 Å². The molecule has 0 radical (unpaired) electrons. The molecule has 4 rings (SSSR count). The van der Waals surface area contributed by atoms with Crippen LogP contribution in [0.25, 0.3) is 0 Å². The van der Waals surface area contributed by atoms with Gasteiger partial charge in [-0.1, -0.05) is 58.7 Å². The highest BCUT2D eigenvalue weighted by Gasteiger charge is 2.49. The van der Waals surface area contributed by atoms with Crippen LogP contribution in [0.3, 0.4) is 0 Å². The maximum Gasteiger partial charge on any atom is 0.226 e. The van der Waals surface area contributed by atoms with Crippen molar-refractivity contribution >= 4 is 5.91 Å². The summed E-state index contributed by atoms with van der Waals surface area (Å²) >= 11 is 0. The molecule has 4 atom stereocenters. The molecule has 38 heavy (non-hydrogen) atoms. The smallest absolute Gasteiger partial charge is 0.226 e. The Morgan fingerprint density at radius 2 is 1.79 bits per heavy atom. The fourth-order valence-corrected chi connectivity index (χ4v) is 7.87. The normalized spacial score (nSPS) is 24.3. The lowest BCUT2D eigenvalue weighted by molar-refractivity contribution is -0.144. The van der Waals surface area contributed by atoms with Gasteiger partial charge in [-0.05, 0) is 80.5 Å². The summed E-state index contributed by atoms with van der Waals surface area (Å²) in [7, 11) is 1.64. The topological polar surface area (TPSA) is 29.5 Å². The van der Waals surface area contributed by atoms with E-state index in [1.165, 1.54) is 6.07 Å². The molecule has 0 saturated carbocycles. The minimum Gasteiger partial charge on any atom is -0.496 e. The summed E-state index contributed by atoms with van der Waals surface area (Å²) in [5.41, 5.74) is 1.84.